The lowest BCUT2D eigenvalue weighted by atomic mass is 9.85. The molecule has 0 radical (unpaired) electrons. The van der Waals surface area contributed by atoms with Gasteiger partial charge in [0.25, 0.3) is 10.0 Å². The molecule has 120 valence electrons. The van der Waals surface area contributed by atoms with E-state index >= 15 is 0 Å². The minimum atomic E-state index is -3.54. The first-order valence-electron chi connectivity index (χ1n) is 7.63. The molecule has 1 aromatic rings. The van der Waals surface area contributed by atoms with Gasteiger partial charge in [-0.3, -0.25) is 0 Å². The van der Waals surface area contributed by atoms with Crippen LogP contribution in [0, 0.1) is 9.49 Å². The fraction of sp³-hybridized carbons (Fsp3) is 0.533. The van der Waals surface area contributed by atoms with E-state index < -0.39 is 10.0 Å². The number of hydrogen-bond donors (Lipinski definition) is 2. The van der Waals surface area contributed by atoms with Gasteiger partial charge in [0.15, 0.2) is 0 Å². The van der Waals surface area contributed by atoms with Gasteiger partial charge < -0.3 is 5.32 Å². The van der Waals surface area contributed by atoms with Crippen LogP contribution in [0.4, 0.5) is 5.69 Å². The van der Waals surface area contributed by atoms with Crippen LogP contribution in [0.25, 0.3) is 0 Å². The van der Waals surface area contributed by atoms with E-state index in [1.807, 2.05) is 6.07 Å². The molecule has 2 N–H and O–H groups in total. The van der Waals surface area contributed by atoms with Crippen molar-refractivity contribution in [1.82, 2.24) is 4.72 Å². The molecule has 0 spiro atoms. The Morgan fingerprint density at radius 2 is 2.00 bits per heavy atom. The number of aliphatic imine (C=N–C) groups is 1. The molecule has 7 heteroatoms. The SMILES string of the molecule is C[C@@H](N=C1Nc2ccc(I)cc2S(=O)(=O)N1)C1CCCCC1. The lowest BCUT2D eigenvalue weighted by Gasteiger charge is -2.27. The second kappa shape index (κ2) is 6.35. The molecule has 1 heterocycles. The van der Waals surface area contributed by atoms with Crippen LogP contribution in [0.1, 0.15) is 39.0 Å². The maximum atomic E-state index is 12.4. The van der Waals surface area contributed by atoms with Crippen molar-refractivity contribution in [2.75, 3.05) is 5.32 Å². The Hall–Kier alpha value is -0.830. The largest absolute Gasteiger partial charge is 0.324 e. The van der Waals surface area contributed by atoms with E-state index in [0.717, 1.165) is 3.57 Å². The number of nitrogens with zero attached hydrogens (tertiary/aromatic N) is 1. The van der Waals surface area contributed by atoms with Crippen LogP contribution in [-0.2, 0) is 10.0 Å². The molecule has 1 atom stereocenters. The Labute approximate surface area is 145 Å². The Morgan fingerprint density at radius 3 is 2.73 bits per heavy atom. The van der Waals surface area contributed by atoms with Crippen molar-refractivity contribution in [2.24, 2.45) is 10.9 Å². The van der Waals surface area contributed by atoms with Crippen LogP contribution in [0.2, 0.25) is 0 Å². The third kappa shape index (κ3) is 3.40. The lowest BCUT2D eigenvalue weighted by molar-refractivity contribution is 0.317. The molecule has 0 bridgehead atoms. The van der Waals surface area contributed by atoms with Gasteiger partial charge in [-0.05, 0) is 66.5 Å². The van der Waals surface area contributed by atoms with Gasteiger partial charge in [-0.25, -0.2) is 18.1 Å². The predicted molar refractivity (Wildman–Crippen MR) is 96.6 cm³/mol. The highest BCUT2D eigenvalue weighted by Gasteiger charge is 2.28. The second-order valence-corrected chi connectivity index (χ2v) is 8.88. The highest BCUT2D eigenvalue weighted by Crippen LogP contribution is 2.29. The zero-order chi connectivity index (χ0) is 15.7. The first kappa shape index (κ1) is 16.0. The van der Waals surface area contributed by atoms with Gasteiger partial charge in [0.05, 0.1) is 11.7 Å². The third-order valence-electron chi connectivity index (χ3n) is 4.38. The fourth-order valence-corrected chi connectivity index (χ4v) is 5.00. The van der Waals surface area contributed by atoms with E-state index in [9.17, 15) is 8.42 Å². The summed E-state index contributed by atoms with van der Waals surface area (Å²) >= 11 is 2.11. The van der Waals surface area contributed by atoms with Crippen LogP contribution in [0.3, 0.4) is 0 Å². The molecule has 22 heavy (non-hydrogen) atoms. The van der Waals surface area contributed by atoms with Crippen LogP contribution >= 0.6 is 22.6 Å². The summed E-state index contributed by atoms with van der Waals surface area (Å²) in [6.07, 6.45) is 6.16. The average molecular weight is 433 g/mol. The molecule has 0 aromatic heterocycles. The number of fused-ring (bicyclic) bond motifs is 1. The summed E-state index contributed by atoms with van der Waals surface area (Å²) in [5.41, 5.74) is 0.591. The fourth-order valence-electron chi connectivity index (χ4n) is 3.14. The summed E-state index contributed by atoms with van der Waals surface area (Å²) in [6.45, 7) is 2.07. The number of anilines is 1. The molecule has 0 saturated heterocycles. The lowest BCUT2D eigenvalue weighted by Crippen LogP contribution is -2.41. The zero-order valence-electron chi connectivity index (χ0n) is 12.5. The minimum absolute atomic E-state index is 0.121. The van der Waals surface area contributed by atoms with Crippen molar-refractivity contribution >= 4 is 44.3 Å². The molecule has 5 nitrogen and oxygen atoms in total. The van der Waals surface area contributed by atoms with Crippen LogP contribution in [0.5, 0.6) is 0 Å². The number of nitrogens with one attached hydrogen (secondary N) is 2. The Bertz CT molecular complexity index is 697. The van der Waals surface area contributed by atoms with Crippen molar-refractivity contribution in [1.29, 1.82) is 0 Å². The van der Waals surface area contributed by atoms with Crippen LogP contribution in [0.15, 0.2) is 28.1 Å². The van der Waals surface area contributed by atoms with Crippen LogP contribution < -0.4 is 10.0 Å². The number of hydrogen-bond acceptors (Lipinski definition) is 3. The normalized spacial score (nSPS) is 24.2. The predicted octanol–water partition coefficient (Wildman–Crippen LogP) is 3.32. The van der Waals surface area contributed by atoms with Gasteiger partial charge >= 0.3 is 0 Å². The van der Waals surface area contributed by atoms with Crippen molar-refractivity contribution in [2.45, 2.75) is 50.0 Å². The molecular weight excluding hydrogens is 413 g/mol. The minimum Gasteiger partial charge on any atom is -0.324 e. The van der Waals surface area contributed by atoms with Crippen molar-refractivity contribution in [3.8, 4) is 0 Å². The van der Waals surface area contributed by atoms with Gasteiger partial charge in [0.2, 0.25) is 5.96 Å². The molecule has 1 saturated carbocycles. The first-order chi connectivity index (χ1) is 10.5. The molecule has 1 aromatic carbocycles. The molecule has 1 fully saturated rings. The van der Waals surface area contributed by atoms with E-state index in [-0.39, 0.29) is 10.9 Å². The van der Waals surface area contributed by atoms with Gasteiger partial charge in [-0.15, -0.1) is 0 Å². The summed E-state index contributed by atoms with van der Waals surface area (Å²) in [4.78, 5) is 4.87. The van der Waals surface area contributed by atoms with E-state index in [4.69, 9.17) is 0 Å². The molecule has 1 aliphatic carbocycles. The molecule has 2 aliphatic rings. The first-order valence-corrected chi connectivity index (χ1v) is 10.2. The van der Waals surface area contributed by atoms with Crippen molar-refractivity contribution in [3.05, 3.63) is 21.8 Å². The monoisotopic (exact) mass is 433 g/mol. The molecule has 0 unspecified atom stereocenters. The third-order valence-corrected chi connectivity index (χ3v) is 6.43. The number of sulfonamides is 1. The number of halogens is 1. The second-order valence-electron chi connectivity index (χ2n) is 5.99. The molecule has 0 amide bonds. The zero-order valence-corrected chi connectivity index (χ0v) is 15.4. The summed E-state index contributed by atoms with van der Waals surface area (Å²) in [7, 11) is -3.54. The molecular formula is C15H20IN3O2S. The van der Waals surface area contributed by atoms with Crippen molar-refractivity contribution < 1.29 is 8.42 Å². The van der Waals surface area contributed by atoms with Gasteiger partial charge in [-0.1, -0.05) is 19.3 Å². The topological polar surface area (TPSA) is 70.6 Å². The summed E-state index contributed by atoms with van der Waals surface area (Å²) in [5.74, 6) is 0.887. The van der Waals surface area contributed by atoms with Crippen molar-refractivity contribution in [3.63, 3.8) is 0 Å². The molecule has 1 aliphatic heterocycles. The van der Waals surface area contributed by atoms with E-state index in [1.54, 1.807) is 12.1 Å². The van der Waals surface area contributed by atoms with Crippen LogP contribution in [-0.4, -0.2) is 20.4 Å². The van der Waals surface area contributed by atoms with Gasteiger partial charge in [0, 0.05) is 3.57 Å². The Morgan fingerprint density at radius 1 is 1.27 bits per heavy atom. The standard InChI is InChI=1S/C15H20IN3O2S/c1-10(11-5-3-2-4-6-11)17-15-18-13-8-7-12(16)9-14(13)22(20,21)19-15/h7-11H,2-6H2,1H3,(H2,17,18,19)/t10-/m1/s1. The highest BCUT2D eigenvalue weighted by molar-refractivity contribution is 14.1. The average Bonchev–Trinajstić information content (AvgIpc) is 2.48. The van der Waals surface area contributed by atoms with E-state index in [0.29, 0.717) is 17.6 Å². The highest BCUT2D eigenvalue weighted by atomic mass is 127. The molecule has 3 rings (SSSR count). The summed E-state index contributed by atoms with van der Waals surface area (Å²) < 4.78 is 28.2. The number of guanidine groups is 1. The number of rotatable bonds is 2. The van der Waals surface area contributed by atoms with Gasteiger partial charge in [-0.2, -0.15) is 0 Å². The summed E-state index contributed by atoms with van der Waals surface area (Å²) in [5, 5.41) is 3.11. The smallest absolute Gasteiger partial charge is 0.266 e. The van der Waals surface area contributed by atoms with E-state index in [2.05, 4.69) is 44.5 Å². The Balaban J connectivity index is 1.85. The van der Waals surface area contributed by atoms with Gasteiger partial charge in [0.1, 0.15) is 4.90 Å². The number of benzene rings is 1. The maximum absolute atomic E-state index is 12.4. The maximum Gasteiger partial charge on any atom is 0.266 e. The summed E-state index contributed by atoms with van der Waals surface area (Å²) in [6, 6.07) is 5.45. The quantitative estimate of drug-likeness (QED) is 0.704. The Kier molecular flexibility index (Phi) is 4.63. The van der Waals surface area contributed by atoms with E-state index in [1.165, 1.54) is 32.1 Å².